The average Bonchev–Trinajstić information content (AvgIpc) is 2.66. The minimum atomic E-state index is 0.0324. The van der Waals surface area contributed by atoms with Crippen LogP contribution in [0.5, 0.6) is 0 Å². The van der Waals surface area contributed by atoms with E-state index in [1.54, 1.807) is 24.5 Å². The molecule has 0 aliphatic carbocycles. The molecule has 0 radical (unpaired) electrons. The van der Waals surface area contributed by atoms with Crippen LogP contribution in [0.4, 0.5) is 0 Å². The molecule has 0 amide bonds. The molecule has 0 unspecified atom stereocenters. The summed E-state index contributed by atoms with van der Waals surface area (Å²) in [5.41, 5.74) is 4.89. The normalized spacial score (nSPS) is 10.3. The highest BCUT2D eigenvalue weighted by atomic mass is 32.2. The van der Waals surface area contributed by atoms with Crippen molar-refractivity contribution in [1.82, 2.24) is 9.97 Å². The first-order valence-corrected chi connectivity index (χ1v) is 9.12. The lowest BCUT2D eigenvalue weighted by Crippen LogP contribution is -2.05. The van der Waals surface area contributed by atoms with Crippen molar-refractivity contribution in [2.45, 2.75) is 18.9 Å². The largest absolute Gasteiger partial charge is 0.293 e. The number of thioether (sulfide) groups is 1. The molecule has 3 rings (SSSR count). The molecule has 5 heteroatoms. The molecule has 0 atom stereocenters. The van der Waals surface area contributed by atoms with E-state index in [0.29, 0.717) is 16.2 Å². The van der Waals surface area contributed by atoms with E-state index in [9.17, 15) is 10.1 Å². The van der Waals surface area contributed by atoms with Gasteiger partial charge in [-0.3, -0.25) is 9.78 Å². The number of hydrogen-bond donors (Lipinski definition) is 0. The molecule has 2 aromatic heterocycles. The Morgan fingerprint density at radius 2 is 2.04 bits per heavy atom. The van der Waals surface area contributed by atoms with Gasteiger partial charge in [-0.05, 0) is 43.7 Å². The van der Waals surface area contributed by atoms with Crippen LogP contribution in [0, 0.1) is 25.2 Å². The summed E-state index contributed by atoms with van der Waals surface area (Å²) in [6.45, 7) is 3.94. The molecular formula is C21H17N3OS. The van der Waals surface area contributed by atoms with Gasteiger partial charge in [-0.25, -0.2) is 4.98 Å². The summed E-state index contributed by atoms with van der Waals surface area (Å²) in [6, 6.07) is 15.2. The Balaban J connectivity index is 1.82. The maximum Gasteiger partial charge on any atom is 0.173 e. The number of carbonyl (C=O) groups excluding carboxylic acids is 1. The van der Waals surface area contributed by atoms with Crippen LogP contribution in [0.15, 0.2) is 59.9 Å². The molecular weight excluding hydrogens is 342 g/mol. The lowest BCUT2D eigenvalue weighted by atomic mass is 10.0. The molecule has 26 heavy (non-hydrogen) atoms. The molecule has 128 valence electrons. The van der Waals surface area contributed by atoms with E-state index >= 15 is 0 Å². The molecule has 0 fully saturated rings. The first kappa shape index (κ1) is 17.8. The Morgan fingerprint density at radius 1 is 1.19 bits per heavy atom. The Hall–Kier alpha value is -2.97. The van der Waals surface area contributed by atoms with E-state index in [2.05, 4.69) is 16.0 Å². The van der Waals surface area contributed by atoms with E-state index < -0.39 is 0 Å². The molecule has 0 aliphatic rings. The van der Waals surface area contributed by atoms with Crippen LogP contribution in [-0.2, 0) is 0 Å². The zero-order valence-electron chi connectivity index (χ0n) is 14.6. The van der Waals surface area contributed by atoms with E-state index in [1.165, 1.54) is 11.8 Å². The number of nitrogens with zero attached hydrogens (tertiary/aromatic N) is 3. The van der Waals surface area contributed by atoms with Gasteiger partial charge in [0.2, 0.25) is 0 Å². The van der Waals surface area contributed by atoms with Crippen molar-refractivity contribution in [2.24, 2.45) is 0 Å². The van der Waals surface area contributed by atoms with E-state index in [4.69, 9.17) is 0 Å². The standard InChI is InChI=1S/C21H17N3OS/c1-14-5-7-18(15(2)10-14)20(25)13-26-21-16(11-22)6-8-19(24-21)17-4-3-9-23-12-17/h3-10,12H,13H2,1-2H3. The van der Waals surface area contributed by atoms with Gasteiger partial charge in [-0.15, -0.1) is 0 Å². The predicted molar refractivity (Wildman–Crippen MR) is 103 cm³/mol. The number of benzene rings is 1. The van der Waals surface area contributed by atoms with Crippen molar-refractivity contribution in [3.05, 3.63) is 77.1 Å². The SMILES string of the molecule is Cc1ccc(C(=O)CSc2nc(-c3cccnc3)ccc2C#N)c(C)c1. The molecule has 3 aromatic rings. The van der Waals surface area contributed by atoms with Gasteiger partial charge in [0.1, 0.15) is 11.1 Å². The van der Waals surface area contributed by atoms with Crippen LogP contribution in [-0.4, -0.2) is 21.5 Å². The number of Topliss-reactive ketones (excluding diaryl/α,β-unsaturated/α-hetero) is 1. The number of ketones is 1. The van der Waals surface area contributed by atoms with Gasteiger partial charge in [0, 0.05) is 23.5 Å². The molecule has 4 nitrogen and oxygen atoms in total. The molecule has 0 N–H and O–H groups in total. The molecule has 0 aliphatic heterocycles. The van der Waals surface area contributed by atoms with Crippen LogP contribution in [0.3, 0.4) is 0 Å². The fourth-order valence-corrected chi connectivity index (χ4v) is 3.50. The average molecular weight is 359 g/mol. The quantitative estimate of drug-likeness (QED) is 0.492. The minimum Gasteiger partial charge on any atom is -0.293 e. The van der Waals surface area contributed by atoms with Crippen molar-refractivity contribution in [1.29, 1.82) is 5.26 Å². The smallest absolute Gasteiger partial charge is 0.173 e. The Morgan fingerprint density at radius 3 is 2.73 bits per heavy atom. The Bertz CT molecular complexity index is 994. The van der Waals surface area contributed by atoms with Crippen molar-refractivity contribution in [3.63, 3.8) is 0 Å². The third-order valence-electron chi connectivity index (χ3n) is 3.96. The third kappa shape index (κ3) is 3.98. The fourth-order valence-electron chi connectivity index (χ4n) is 2.65. The summed E-state index contributed by atoms with van der Waals surface area (Å²) < 4.78 is 0. The molecule has 0 saturated heterocycles. The maximum atomic E-state index is 12.6. The van der Waals surface area contributed by atoms with E-state index in [-0.39, 0.29) is 11.5 Å². The van der Waals surface area contributed by atoms with Gasteiger partial charge in [0.05, 0.1) is 17.0 Å². The monoisotopic (exact) mass is 359 g/mol. The number of carbonyl (C=O) groups is 1. The van der Waals surface area contributed by atoms with Crippen LogP contribution >= 0.6 is 11.8 Å². The van der Waals surface area contributed by atoms with Crippen LogP contribution < -0.4 is 0 Å². The zero-order valence-corrected chi connectivity index (χ0v) is 15.4. The lowest BCUT2D eigenvalue weighted by Gasteiger charge is -2.08. The molecule has 1 aromatic carbocycles. The summed E-state index contributed by atoms with van der Waals surface area (Å²) in [5.74, 6) is 0.271. The topological polar surface area (TPSA) is 66.6 Å². The second kappa shape index (κ2) is 7.94. The second-order valence-corrected chi connectivity index (χ2v) is 6.90. The fraction of sp³-hybridized carbons (Fsp3) is 0.143. The Labute approximate surface area is 156 Å². The highest BCUT2D eigenvalue weighted by Gasteiger charge is 2.13. The minimum absolute atomic E-state index is 0.0324. The summed E-state index contributed by atoms with van der Waals surface area (Å²) in [7, 11) is 0. The number of aromatic nitrogens is 2. The van der Waals surface area contributed by atoms with Gasteiger partial charge < -0.3 is 0 Å². The number of aryl methyl sites for hydroxylation is 2. The Kier molecular flexibility index (Phi) is 5.45. The molecule has 0 saturated carbocycles. The summed E-state index contributed by atoms with van der Waals surface area (Å²) in [6.07, 6.45) is 3.43. The maximum absolute atomic E-state index is 12.6. The summed E-state index contributed by atoms with van der Waals surface area (Å²) in [5, 5.41) is 9.90. The van der Waals surface area contributed by atoms with Crippen LogP contribution in [0.1, 0.15) is 27.0 Å². The summed E-state index contributed by atoms with van der Waals surface area (Å²) in [4.78, 5) is 21.2. The van der Waals surface area contributed by atoms with Crippen LogP contribution in [0.25, 0.3) is 11.3 Å². The second-order valence-electron chi connectivity index (χ2n) is 5.93. The van der Waals surface area contributed by atoms with Gasteiger partial charge in [-0.1, -0.05) is 35.5 Å². The van der Waals surface area contributed by atoms with Gasteiger partial charge in [-0.2, -0.15) is 5.26 Å². The number of pyridine rings is 2. The van der Waals surface area contributed by atoms with Gasteiger partial charge in [0.25, 0.3) is 0 Å². The number of hydrogen-bond acceptors (Lipinski definition) is 5. The predicted octanol–water partition coefficient (Wildman–Crippen LogP) is 4.61. The highest BCUT2D eigenvalue weighted by Crippen LogP contribution is 2.26. The molecule has 2 heterocycles. The first-order valence-electron chi connectivity index (χ1n) is 8.13. The number of rotatable bonds is 5. The van der Waals surface area contributed by atoms with Crippen molar-refractivity contribution < 1.29 is 4.79 Å². The third-order valence-corrected chi connectivity index (χ3v) is 4.95. The van der Waals surface area contributed by atoms with Crippen molar-refractivity contribution >= 4 is 17.5 Å². The van der Waals surface area contributed by atoms with E-state index in [1.807, 2.05) is 44.2 Å². The molecule has 0 bridgehead atoms. The van der Waals surface area contributed by atoms with Crippen molar-refractivity contribution in [2.75, 3.05) is 5.75 Å². The first-order chi connectivity index (χ1) is 12.6. The summed E-state index contributed by atoms with van der Waals surface area (Å²) >= 11 is 1.29. The lowest BCUT2D eigenvalue weighted by molar-refractivity contribution is 0.102. The van der Waals surface area contributed by atoms with Gasteiger partial charge >= 0.3 is 0 Å². The van der Waals surface area contributed by atoms with Crippen molar-refractivity contribution in [3.8, 4) is 17.3 Å². The zero-order chi connectivity index (χ0) is 18.5. The van der Waals surface area contributed by atoms with E-state index in [0.717, 1.165) is 22.4 Å². The molecule has 0 spiro atoms. The van der Waals surface area contributed by atoms with Gasteiger partial charge in [0.15, 0.2) is 5.78 Å². The highest BCUT2D eigenvalue weighted by molar-refractivity contribution is 8.00. The van der Waals surface area contributed by atoms with Crippen LogP contribution in [0.2, 0.25) is 0 Å². The number of nitriles is 1.